The number of phenols is 1. The van der Waals surface area contributed by atoms with Gasteiger partial charge in [0.1, 0.15) is 5.75 Å². The molecule has 1 aromatic carbocycles. The third kappa shape index (κ3) is 3.93. The van der Waals surface area contributed by atoms with E-state index in [4.69, 9.17) is 16.7 Å². The second kappa shape index (κ2) is 5.92. The molecule has 0 unspecified atom stereocenters. The maximum atomic E-state index is 10.4. The van der Waals surface area contributed by atoms with Crippen molar-refractivity contribution in [3.63, 3.8) is 0 Å². The summed E-state index contributed by atoms with van der Waals surface area (Å²) in [6.45, 7) is 3.96. The van der Waals surface area contributed by atoms with E-state index in [0.29, 0.717) is 17.9 Å². The number of carbonyl (C=O) groups is 1. The summed E-state index contributed by atoms with van der Waals surface area (Å²) in [4.78, 5) is 10.4. The lowest BCUT2D eigenvalue weighted by Crippen LogP contribution is -1.98. The summed E-state index contributed by atoms with van der Waals surface area (Å²) in [5, 5.41) is 19.2. The molecule has 0 aromatic heterocycles. The first kappa shape index (κ1) is 13.8. The van der Waals surface area contributed by atoms with Gasteiger partial charge in [0.05, 0.1) is 0 Å². The highest BCUT2D eigenvalue weighted by Gasteiger charge is 2.12. The Morgan fingerprint density at radius 1 is 1.41 bits per heavy atom. The van der Waals surface area contributed by atoms with Gasteiger partial charge in [0.15, 0.2) is 0 Å². The maximum absolute atomic E-state index is 10.4. The van der Waals surface area contributed by atoms with Crippen molar-refractivity contribution in [2.75, 3.05) is 0 Å². The Hall–Kier alpha value is -1.22. The van der Waals surface area contributed by atoms with Gasteiger partial charge in [0.25, 0.3) is 0 Å². The lowest BCUT2D eigenvalue weighted by Gasteiger charge is -2.13. The molecule has 3 nitrogen and oxygen atoms in total. The summed E-state index contributed by atoms with van der Waals surface area (Å²) >= 11 is 5.98. The van der Waals surface area contributed by atoms with E-state index in [9.17, 15) is 9.90 Å². The smallest absolute Gasteiger partial charge is 0.303 e. The van der Waals surface area contributed by atoms with Crippen LogP contribution in [-0.4, -0.2) is 16.2 Å². The van der Waals surface area contributed by atoms with Gasteiger partial charge in [-0.15, -0.1) is 0 Å². The van der Waals surface area contributed by atoms with Crippen molar-refractivity contribution in [1.29, 1.82) is 0 Å². The number of aliphatic carboxylic acids is 1. The molecular weight excluding hydrogens is 240 g/mol. The third-order valence-corrected chi connectivity index (χ3v) is 2.86. The molecule has 1 rings (SSSR count). The van der Waals surface area contributed by atoms with Gasteiger partial charge < -0.3 is 10.2 Å². The minimum absolute atomic E-state index is 0.100. The molecule has 0 heterocycles. The molecule has 1 aromatic rings. The van der Waals surface area contributed by atoms with E-state index in [1.165, 1.54) is 0 Å². The fourth-order valence-corrected chi connectivity index (χ4v) is 1.99. The van der Waals surface area contributed by atoms with E-state index in [0.717, 1.165) is 11.1 Å². The van der Waals surface area contributed by atoms with Crippen LogP contribution in [0.25, 0.3) is 0 Å². The van der Waals surface area contributed by atoms with Crippen molar-refractivity contribution in [3.05, 3.63) is 28.3 Å². The number of hydrogen-bond donors (Lipinski definition) is 2. The number of halogens is 1. The average Bonchev–Trinajstić information content (AvgIpc) is 2.21. The lowest BCUT2D eigenvalue weighted by atomic mass is 9.97. The molecule has 0 amide bonds. The summed E-state index contributed by atoms with van der Waals surface area (Å²) in [5.41, 5.74) is 1.53. The minimum atomic E-state index is -0.824. The number of hydrogen-bond acceptors (Lipinski definition) is 2. The van der Waals surface area contributed by atoms with Crippen LogP contribution in [0.4, 0.5) is 0 Å². The zero-order valence-corrected chi connectivity index (χ0v) is 10.8. The van der Waals surface area contributed by atoms with Gasteiger partial charge in [-0.3, -0.25) is 4.79 Å². The number of phenolic OH excluding ortho intramolecular Hbond substituents is 1. The first-order valence-electron chi connectivity index (χ1n) is 5.65. The first-order valence-corrected chi connectivity index (χ1v) is 6.02. The predicted molar refractivity (Wildman–Crippen MR) is 67.8 cm³/mol. The van der Waals surface area contributed by atoms with Crippen LogP contribution in [0.15, 0.2) is 12.1 Å². The summed E-state index contributed by atoms with van der Waals surface area (Å²) in [7, 11) is 0. The lowest BCUT2D eigenvalue weighted by molar-refractivity contribution is -0.137. The van der Waals surface area contributed by atoms with Crippen LogP contribution >= 0.6 is 11.6 Å². The molecule has 0 saturated heterocycles. The fraction of sp³-hybridized carbons (Fsp3) is 0.462. The van der Waals surface area contributed by atoms with Gasteiger partial charge >= 0.3 is 5.97 Å². The van der Waals surface area contributed by atoms with Gasteiger partial charge in [-0.2, -0.15) is 0 Å². The molecule has 0 spiro atoms. The number of carboxylic acid groups (broad SMARTS) is 1. The average molecular weight is 257 g/mol. The van der Waals surface area contributed by atoms with E-state index in [1.807, 2.05) is 13.8 Å². The van der Waals surface area contributed by atoms with Crippen molar-refractivity contribution in [3.8, 4) is 5.75 Å². The Kier molecular flexibility index (Phi) is 4.82. The van der Waals surface area contributed by atoms with Crippen LogP contribution in [-0.2, 0) is 11.2 Å². The van der Waals surface area contributed by atoms with Crippen molar-refractivity contribution in [1.82, 2.24) is 0 Å². The largest absolute Gasteiger partial charge is 0.507 e. The molecular formula is C13H17ClO3. The number of rotatable bonds is 5. The van der Waals surface area contributed by atoms with Crippen LogP contribution in [0.3, 0.4) is 0 Å². The van der Waals surface area contributed by atoms with E-state index >= 15 is 0 Å². The van der Waals surface area contributed by atoms with Crippen LogP contribution in [0.5, 0.6) is 5.75 Å². The highest BCUT2D eigenvalue weighted by atomic mass is 35.5. The highest BCUT2D eigenvalue weighted by Crippen LogP contribution is 2.33. The molecule has 0 radical (unpaired) electrons. The number of aryl methyl sites for hydroxylation is 1. The normalized spacial score (nSPS) is 10.8. The van der Waals surface area contributed by atoms with Gasteiger partial charge in [-0.1, -0.05) is 25.4 Å². The highest BCUT2D eigenvalue weighted by molar-refractivity contribution is 6.30. The van der Waals surface area contributed by atoms with Crippen LogP contribution < -0.4 is 0 Å². The SMILES string of the molecule is CC(C)c1cc(Cl)cc(CCCC(=O)O)c1O. The Balaban J connectivity index is 2.88. The van der Waals surface area contributed by atoms with Crippen LogP contribution in [0, 0.1) is 0 Å². The monoisotopic (exact) mass is 256 g/mol. The maximum Gasteiger partial charge on any atom is 0.303 e. The minimum Gasteiger partial charge on any atom is -0.507 e. The Labute approximate surface area is 106 Å². The van der Waals surface area contributed by atoms with E-state index in [2.05, 4.69) is 0 Å². The molecule has 0 saturated carbocycles. The number of benzene rings is 1. The predicted octanol–water partition coefficient (Wildman–Crippen LogP) is 3.58. The van der Waals surface area contributed by atoms with Crippen LogP contribution in [0.1, 0.15) is 43.7 Å². The molecule has 0 fully saturated rings. The molecule has 17 heavy (non-hydrogen) atoms. The standard InChI is InChI=1S/C13H17ClO3/c1-8(2)11-7-10(14)6-9(13(11)17)4-3-5-12(15)16/h6-8,17H,3-5H2,1-2H3,(H,15,16). The molecule has 0 aliphatic rings. The number of aromatic hydroxyl groups is 1. The van der Waals surface area contributed by atoms with E-state index < -0.39 is 5.97 Å². The Morgan fingerprint density at radius 3 is 2.59 bits per heavy atom. The third-order valence-electron chi connectivity index (χ3n) is 2.64. The molecule has 94 valence electrons. The van der Waals surface area contributed by atoms with Crippen molar-refractivity contribution >= 4 is 17.6 Å². The fourth-order valence-electron chi connectivity index (χ4n) is 1.74. The first-order chi connectivity index (χ1) is 7.91. The summed E-state index contributed by atoms with van der Waals surface area (Å²) in [6.07, 6.45) is 1.13. The molecule has 4 heteroatoms. The van der Waals surface area contributed by atoms with Gasteiger partial charge in [0.2, 0.25) is 0 Å². The van der Waals surface area contributed by atoms with E-state index in [1.54, 1.807) is 12.1 Å². The molecule has 0 bridgehead atoms. The molecule has 0 aliphatic heterocycles. The second-order valence-electron chi connectivity index (χ2n) is 4.40. The van der Waals surface area contributed by atoms with Gasteiger partial charge in [-0.05, 0) is 42.0 Å². The van der Waals surface area contributed by atoms with Crippen molar-refractivity contribution < 1.29 is 15.0 Å². The Bertz CT molecular complexity index is 413. The topological polar surface area (TPSA) is 57.5 Å². The van der Waals surface area contributed by atoms with Gasteiger partial charge in [0, 0.05) is 11.4 Å². The second-order valence-corrected chi connectivity index (χ2v) is 4.84. The summed E-state index contributed by atoms with van der Waals surface area (Å²) in [5.74, 6) is -0.391. The van der Waals surface area contributed by atoms with Crippen molar-refractivity contribution in [2.24, 2.45) is 0 Å². The van der Waals surface area contributed by atoms with E-state index in [-0.39, 0.29) is 18.1 Å². The quantitative estimate of drug-likeness (QED) is 0.847. The Morgan fingerprint density at radius 2 is 2.06 bits per heavy atom. The van der Waals surface area contributed by atoms with Crippen molar-refractivity contribution in [2.45, 2.75) is 39.0 Å². The molecule has 0 aliphatic carbocycles. The zero-order valence-electron chi connectivity index (χ0n) is 10.0. The summed E-state index contributed by atoms with van der Waals surface area (Å²) < 4.78 is 0. The zero-order chi connectivity index (χ0) is 13.0. The van der Waals surface area contributed by atoms with Crippen LogP contribution in [0.2, 0.25) is 5.02 Å². The number of carboxylic acids is 1. The summed E-state index contributed by atoms with van der Waals surface area (Å²) in [6, 6.07) is 3.45. The molecule has 0 atom stereocenters. The molecule has 2 N–H and O–H groups in total. The van der Waals surface area contributed by atoms with Gasteiger partial charge in [-0.25, -0.2) is 0 Å².